The van der Waals surface area contributed by atoms with Gasteiger partial charge in [0.2, 0.25) is 11.8 Å². The summed E-state index contributed by atoms with van der Waals surface area (Å²) in [5.41, 5.74) is 3.05. The van der Waals surface area contributed by atoms with Crippen LogP contribution in [0, 0.1) is 12.8 Å². The summed E-state index contributed by atoms with van der Waals surface area (Å²) in [7, 11) is 0. The number of benzene rings is 3. The molecule has 0 saturated heterocycles. The Hall–Kier alpha value is -5.04. The minimum Gasteiger partial charge on any atom is -0.459 e. The number of unbranched alkanes of at least 4 members (excludes halogenated alkanes) is 1. The Labute approximate surface area is 329 Å². The maximum atomic E-state index is 14.0. The van der Waals surface area contributed by atoms with Crippen LogP contribution in [-0.2, 0) is 47.6 Å². The van der Waals surface area contributed by atoms with E-state index in [0.29, 0.717) is 25.1 Å². The van der Waals surface area contributed by atoms with Crippen molar-refractivity contribution in [1.29, 1.82) is 0 Å². The van der Waals surface area contributed by atoms with Crippen LogP contribution < -0.4 is 21.3 Å². The highest BCUT2D eigenvalue weighted by atomic mass is 32.2. The topological polar surface area (TPSA) is 161 Å². The maximum Gasteiger partial charge on any atom is 0.408 e. The Kier molecular flexibility index (Phi) is 18.6. The van der Waals surface area contributed by atoms with E-state index in [9.17, 15) is 24.0 Å². The van der Waals surface area contributed by atoms with Gasteiger partial charge in [0.1, 0.15) is 36.9 Å². The summed E-state index contributed by atoms with van der Waals surface area (Å²) in [6.07, 6.45) is -0.141. The molecule has 4 amide bonds. The van der Waals surface area contributed by atoms with Crippen molar-refractivity contribution < 1.29 is 38.2 Å². The lowest BCUT2D eigenvalue weighted by Crippen LogP contribution is -2.58. The lowest BCUT2D eigenvalue weighted by Gasteiger charge is -2.27. The first-order valence-electron chi connectivity index (χ1n) is 18.6. The SMILES string of the molecule is Cc1ccc(CSC[C@H](NC(=O)[C@@H](NC(=O)OC(C)(C)C)C(C)C)C(=O)N[C@@H](CCCCNC(=O)OCc2ccccc2)C(=O)OCc2ccccc2)cc1. The van der Waals surface area contributed by atoms with E-state index in [2.05, 4.69) is 21.3 Å². The molecule has 3 aromatic rings. The van der Waals surface area contributed by atoms with Gasteiger partial charge in [-0.05, 0) is 69.6 Å². The molecule has 0 heterocycles. The van der Waals surface area contributed by atoms with Crippen LogP contribution in [0.4, 0.5) is 9.59 Å². The molecule has 0 bridgehead atoms. The van der Waals surface area contributed by atoms with Crippen molar-refractivity contribution >= 4 is 41.7 Å². The molecule has 0 aliphatic carbocycles. The molecule has 0 spiro atoms. The standard InChI is InChI=1S/C42H56N4O8S/c1-29(2)36(46-41(51)54-42(4,5)6)38(48)45-35(28-55-27-33-22-20-30(3)21-23-33)37(47)44-34(39(49)52-25-31-15-9-7-10-16-31)19-13-14-24-43-40(50)53-26-32-17-11-8-12-18-32/h7-12,15-18,20-23,29,34-36H,13-14,19,24-28H2,1-6H3,(H,43,50)(H,44,47)(H,45,48)(H,46,51)/t34-,35-,36-/m0/s1. The summed E-state index contributed by atoms with van der Waals surface area (Å²) in [4.78, 5) is 66.0. The van der Waals surface area contributed by atoms with Crippen LogP contribution >= 0.6 is 11.8 Å². The third-order valence-corrected chi connectivity index (χ3v) is 9.26. The van der Waals surface area contributed by atoms with E-state index in [1.807, 2.05) is 91.9 Å². The Morgan fingerprint density at radius 2 is 1.25 bits per heavy atom. The van der Waals surface area contributed by atoms with Gasteiger partial charge in [0.05, 0.1) is 0 Å². The van der Waals surface area contributed by atoms with E-state index < -0.39 is 53.7 Å². The van der Waals surface area contributed by atoms with Gasteiger partial charge in [0.25, 0.3) is 0 Å². The highest BCUT2D eigenvalue weighted by Crippen LogP contribution is 2.16. The quantitative estimate of drug-likeness (QED) is 0.0564. The monoisotopic (exact) mass is 776 g/mol. The third-order valence-electron chi connectivity index (χ3n) is 8.15. The van der Waals surface area contributed by atoms with E-state index in [0.717, 1.165) is 22.3 Å². The largest absolute Gasteiger partial charge is 0.459 e. The summed E-state index contributed by atoms with van der Waals surface area (Å²) < 4.78 is 16.3. The van der Waals surface area contributed by atoms with Crippen molar-refractivity contribution in [2.24, 2.45) is 5.92 Å². The second-order valence-corrected chi connectivity index (χ2v) is 15.6. The van der Waals surface area contributed by atoms with Gasteiger partial charge < -0.3 is 35.5 Å². The number of alkyl carbamates (subject to hydrolysis) is 2. The van der Waals surface area contributed by atoms with Crippen LogP contribution in [0.2, 0.25) is 0 Å². The molecular weight excluding hydrogens is 721 g/mol. The van der Waals surface area contributed by atoms with Gasteiger partial charge in [0.15, 0.2) is 0 Å². The summed E-state index contributed by atoms with van der Waals surface area (Å²) >= 11 is 1.45. The highest BCUT2D eigenvalue weighted by molar-refractivity contribution is 7.98. The zero-order valence-electron chi connectivity index (χ0n) is 32.7. The fraction of sp³-hybridized carbons (Fsp3) is 0.452. The number of rotatable bonds is 20. The molecule has 55 heavy (non-hydrogen) atoms. The predicted molar refractivity (Wildman–Crippen MR) is 214 cm³/mol. The Morgan fingerprint density at radius 3 is 1.84 bits per heavy atom. The minimum absolute atomic E-state index is 0.0137. The van der Waals surface area contributed by atoms with Crippen molar-refractivity contribution in [3.8, 4) is 0 Å². The zero-order chi connectivity index (χ0) is 40.2. The van der Waals surface area contributed by atoms with Gasteiger partial charge in [-0.25, -0.2) is 14.4 Å². The highest BCUT2D eigenvalue weighted by Gasteiger charge is 2.32. The normalized spacial score (nSPS) is 12.8. The molecule has 0 unspecified atom stereocenters. The minimum atomic E-state index is -1.06. The van der Waals surface area contributed by atoms with Crippen LogP contribution in [0.15, 0.2) is 84.9 Å². The number of ether oxygens (including phenoxy) is 3. The van der Waals surface area contributed by atoms with Gasteiger partial charge in [-0.15, -0.1) is 0 Å². The first-order valence-corrected chi connectivity index (χ1v) is 19.7. The Morgan fingerprint density at radius 1 is 0.673 bits per heavy atom. The molecule has 0 aromatic heterocycles. The average molecular weight is 777 g/mol. The van der Waals surface area contributed by atoms with Crippen molar-refractivity contribution in [3.63, 3.8) is 0 Å². The smallest absolute Gasteiger partial charge is 0.408 e. The number of esters is 1. The number of thioether (sulfide) groups is 1. The maximum absolute atomic E-state index is 14.0. The molecule has 0 radical (unpaired) electrons. The summed E-state index contributed by atoms with van der Waals surface area (Å²) in [6, 6.07) is 23.5. The molecule has 3 atom stereocenters. The molecule has 13 heteroatoms. The Bertz CT molecular complexity index is 1650. The molecule has 12 nitrogen and oxygen atoms in total. The van der Waals surface area contributed by atoms with E-state index in [-0.39, 0.29) is 31.3 Å². The van der Waals surface area contributed by atoms with Crippen LogP contribution in [0.5, 0.6) is 0 Å². The van der Waals surface area contributed by atoms with Gasteiger partial charge >= 0.3 is 18.2 Å². The van der Waals surface area contributed by atoms with E-state index in [4.69, 9.17) is 14.2 Å². The number of hydrogen-bond donors (Lipinski definition) is 4. The van der Waals surface area contributed by atoms with E-state index in [1.54, 1.807) is 34.6 Å². The van der Waals surface area contributed by atoms with E-state index in [1.165, 1.54) is 11.8 Å². The summed E-state index contributed by atoms with van der Waals surface area (Å²) in [5, 5.41) is 11.0. The Balaban J connectivity index is 1.70. The van der Waals surface area contributed by atoms with Crippen LogP contribution in [0.25, 0.3) is 0 Å². The van der Waals surface area contributed by atoms with Crippen LogP contribution in [0.3, 0.4) is 0 Å². The second kappa shape index (κ2) is 23.0. The van der Waals surface area contributed by atoms with Gasteiger partial charge in [0, 0.05) is 18.1 Å². The second-order valence-electron chi connectivity index (χ2n) is 14.6. The van der Waals surface area contributed by atoms with Crippen molar-refractivity contribution in [1.82, 2.24) is 21.3 Å². The molecule has 0 fully saturated rings. The number of nitrogens with one attached hydrogen (secondary N) is 4. The zero-order valence-corrected chi connectivity index (χ0v) is 33.5. The molecule has 3 rings (SSSR count). The third kappa shape index (κ3) is 17.8. The molecule has 0 aliphatic rings. The van der Waals surface area contributed by atoms with E-state index >= 15 is 0 Å². The predicted octanol–water partition coefficient (Wildman–Crippen LogP) is 6.59. The lowest BCUT2D eigenvalue weighted by atomic mass is 10.0. The van der Waals surface area contributed by atoms with Gasteiger partial charge in [-0.3, -0.25) is 9.59 Å². The van der Waals surface area contributed by atoms with Crippen LogP contribution in [-0.4, -0.2) is 66.0 Å². The van der Waals surface area contributed by atoms with Crippen molar-refractivity contribution in [2.75, 3.05) is 12.3 Å². The van der Waals surface area contributed by atoms with Gasteiger partial charge in [-0.1, -0.05) is 104 Å². The van der Waals surface area contributed by atoms with Gasteiger partial charge in [-0.2, -0.15) is 11.8 Å². The van der Waals surface area contributed by atoms with Crippen molar-refractivity contribution in [3.05, 3.63) is 107 Å². The first-order chi connectivity index (χ1) is 26.2. The average Bonchev–Trinajstić information content (AvgIpc) is 3.14. The first kappa shape index (κ1) is 44.4. The van der Waals surface area contributed by atoms with Crippen LogP contribution in [0.1, 0.15) is 76.1 Å². The molecule has 0 aliphatic heterocycles. The lowest BCUT2D eigenvalue weighted by molar-refractivity contribution is -0.149. The number of carbonyl (C=O) groups excluding carboxylic acids is 5. The number of hydrogen-bond acceptors (Lipinski definition) is 9. The molecule has 3 aromatic carbocycles. The summed E-state index contributed by atoms with van der Waals surface area (Å²) in [6.45, 7) is 11.2. The molecule has 4 N–H and O–H groups in total. The number of carbonyl (C=O) groups is 5. The van der Waals surface area contributed by atoms with Crippen molar-refractivity contribution in [2.45, 2.75) is 103 Å². The number of amides is 4. The molecular formula is C42H56N4O8S. The molecule has 298 valence electrons. The molecule has 0 saturated carbocycles. The number of aryl methyl sites for hydroxylation is 1. The summed E-state index contributed by atoms with van der Waals surface area (Å²) in [5.74, 6) is -1.34. The fourth-order valence-electron chi connectivity index (χ4n) is 5.18. The fourth-order valence-corrected chi connectivity index (χ4v) is 6.20.